The number of anilines is 2. The first-order valence-electron chi connectivity index (χ1n) is 10.2. The third-order valence-electron chi connectivity index (χ3n) is 5.70. The first kappa shape index (κ1) is 19.3. The van der Waals surface area contributed by atoms with Gasteiger partial charge in [-0.1, -0.05) is 12.1 Å². The Morgan fingerprint density at radius 2 is 1.76 bits per heavy atom. The van der Waals surface area contributed by atoms with Crippen LogP contribution in [0.1, 0.15) is 12.8 Å². The van der Waals surface area contributed by atoms with Gasteiger partial charge in [-0.05, 0) is 37.1 Å². The number of carbonyl (C=O) groups excluding carboxylic acids is 1. The Hall–Kier alpha value is -3.03. The number of para-hydroxylation sites is 2. The number of nitrogens with zero attached hydrogens (tertiary/aromatic N) is 5. The molecular formula is C21H28N6O2. The lowest BCUT2D eigenvalue weighted by Crippen LogP contribution is -2.55. The van der Waals surface area contributed by atoms with Gasteiger partial charge >= 0.3 is 6.03 Å². The van der Waals surface area contributed by atoms with Crippen LogP contribution in [0.2, 0.25) is 0 Å². The van der Waals surface area contributed by atoms with Crippen LogP contribution in [-0.2, 0) is 0 Å². The van der Waals surface area contributed by atoms with Crippen molar-refractivity contribution in [2.45, 2.75) is 18.9 Å². The number of piperazine rings is 1. The maximum Gasteiger partial charge on any atom is 0.317 e. The molecular weight excluding hydrogens is 368 g/mol. The number of ether oxygens (including phenoxy) is 1. The number of hydrogen-bond acceptors (Lipinski definition) is 6. The van der Waals surface area contributed by atoms with Crippen molar-refractivity contribution in [3.05, 3.63) is 42.6 Å². The van der Waals surface area contributed by atoms with Crippen LogP contribution in [0.25, 0.3) is 0 Å². The van der Waals surface area contributed by atoms with E-state index < -0.39 is 0 Å². The van der Waals surface area contributed by atoms with Gasteiger partial charge in [-0.25, -0.2) is 4.79 Å². The van der Waals surface area contributed by atoms with Gasteiger partial charge in [0.1, 0.15) is 5.75 Å². The number of piperidine rings is 1. The van der Waals surface area contributed by atoms with E-state index in [0.29, 0.717) is 13.1 Å². The number of hydrogen-bond donors (Lipinski definition) is 1. The fourth-order valence-electron chi connectivity index (χ4n) is 4.02. The molecule has 8 heteroatoms. The van der Waals surface area contributed by atoms with Crippen LogP contribution < -0.4 is 19.9 Å². The predicted molar refractivity (Wildman–Crippen MR) is 113 cm³/mol. The Labute approximate surface area is 171 Å². The number of methoxy groups -OCH3 is 1. The van der Waals surface area contributed by atoms with Crippen LogP contribution in [0, 0.1) is 0 Å². The average molecular weight is 396 g/mol. The molecule has 154 valence electrons. The van der Waals surface area contributed by atoms with Gasteiger partial charge in [0.2, 0.25) is 0 Å². The number of rotatable bonds is 4. The molecule has 0 radical (unpaired) electrons. The average Bonchev–Trinajstić information content (AvgIpc) is 2.80. The molecule has 2 aliphatic rings. The van der Waals surface area contributed by atoms with Crippen molar-refractivity contribution < 1.29 is 9.53 Å². The highest BCUT2D eigenvalue weighted by molar-refractivity contribution is 5.75. The van der Waals surface area contributed by atoms with Gasteiger partial charge in [0.15, 0.2) is 5.82 Å². The molecule has 1 N–H and O–H groups in total. The van der Waals surface area contributed by atoms with Crippen molar-refractivity contribution in [2.24, 2.45) is 0 Å². The zero-order chi connectivity index (χ0) is 20.1. The number of nitrogens with one attached hydrogen (secondary N) is 1. The van der Waals surface area contributed by atoms with Gasteiger partial charge in [-0.2, -0.15) is 5.10 Å². The maximum absolute atomic E-state index is 12.7. The third kappa shape index (κ3) is 4.52. The second-order valence-corrected chi connectivity index (χ2v) is 7.44. The summed E-state index contributed by atoms with van der Waals surface area (Å²) in [6.07, 6.45) is 3.54. The summed E-state index contributed by atoms with van der Waals surface area (Å²) < 4.78 is 5.48. The maximum atomic E-state index is 12.7. The summed E-state index contributed by atoms with van der Waals surface area (Å²) >= 11 is 0. The lowest BCUT2D eigenvalue weighted by atomic mass is 10.0. The second kappa shape index (κ2) is 8.98. The van der Waals surface area contributed by atoms with E-state index in [1.807, 2.05) is 35.2 Å². The fourth-order valence-corrected chi connectivity index (χ4v) is 4.02. The first-order chi connectivity index (χ1) is 14.2. The summed E-state index contributed by atoms with van der Waals surface area (Å²) in [7, 11) is 1.70. The molecule has 0 unspecified atom stereocenters. The van der Waals surface area contributed by atoms with E-state index in [1.54, 1.807) is 13.3 Å². The van der Waals surface area contributed by atoms with Gasteiger partial charge in [-0.15, -0.1) is 5.10 Å². The molecule has 1 aromatic carbocycles. The molecule has 4 rings (SSSR count). The molecule has 1 aromatic heterocycles. The van der Waals surface area contributed by atoms with Gasteiger partial charge < -0.3 is 24.8 Å². The summed E-state index contributed by atoms with van der Waals surface area (Å²) in [6, 6.07) is 12.2. The molecule has 3 heterocycles. The van der Waals surface area contributed by atoms with Crippen LogP contribution in [0.4, 0.5) is 16.3 Å². The Bertz CT molecular complexity index is 802. The zero-order valence-electron chi connectivity index (χ0n) is 16.8. The molecule has 0 saturated carbocycles. The minimum Gasteiger partial charge on any atom is -0.495 e. The van der Waals surface area contributed by atoms with Crippen LogP contribution in [0.5, 0.6) is 5.75 Å². The monoisotopic (exact) mass is 396 g/mol. The van der Waals surface area contributed by atoms with Crippen molar-refractivity contribution >= 4 is 17.5 Å². The topological polar surface area (TPSA) is 73.8 Å². The standard InChI is InChI=1S/C21H28N6O2/c1-29-19-6-3-2-5-18(19)25-11-8-17(9-12-25)23-21(28)27-15-13-26(14-16-27)20-7-4-10-22-24-20/h2-7,10,17H,8-9,11-16H2,1H3,(H,23,28). The number of carbonyl (C=O) groups is 1. The highest BCUT2D eigenvalue weighted by Gasteiger charge is 2.26. The molecule has 2 aromatic rings. The van der Waals surface area contributed by atoms with Gasteiger partial charge in [0.25, 0.3) is 0 Å². The van der Waals surface area contributed by atoms with E-state index in [9.17, 15) is 4.79 Å². The van der Waals surface area contributed by atoms with E-state index in [1.165, 1.54) is 0 Å². The van der Waals surface area contributed by atoms with Crippen molar-refractivity contribution in [3.63, 3.8) is 0 Å². The Morgan fingerprint density at radius 1 is 1.00 bits per heavy atom. The fraction of sp³-hybridized carbons (Fsp3) is 0.476. The summed E-state index contributed by atoms with van der Waals surface area (Å²) in [4.78, 5) is 19.1. The smallest absolute Gasteiger partial charge is 0.317 e. The Balaban J connectivity index is 1.24. The van der Waals surface area contributed by atoms with Crippen molar-refractivity contribution in [2.75, 3.05) is 56.2 Å². The van der Waals surface area contributed by atoms with Gasteiger partial charge in [-0.3, -0.25) is 0 Å². The SMILES string of the molecule is COc1ccccc1N1CCC(NC(=O)N2CCN(c3cccnn3)CC2)CC1. The Morgan fingerprint density at radius 3 is 2.45 bits per heavy atom. The van der Waals surface area contributed by atoms with Crippen LogP contribution in [-0.4, -0.2) is 73.5 Å². The van der Waals surface area contributed by atoms with E-state index in [4.69, 9.17) is 4.74 Å². The quantitative estimate of drug-likeness (QED) is 0.852. The minimum absolute atomic E-state index is 0.0412. The van der Waals surface area contributed by atoms with Gasteiger partial charge in [0, 0.05) is 51.5 Å². The molecule has 0 spiro atoms. The first-order valence-corrected chi connectivity index (χ1v) is 10.2. The van der Waals surface area contributed by atoms with Crippen molar-refractivity contribution in [1.82, 2.24) is 20.4 Å². The van der Waals surface area contributed by atoms with Gasteiger partial charge in [0.05, 0.1) is 12.8 Å². The molecule has 2 aliphatic heterocycles. The number of amides is 2. The largest absolute Gasteiger partial charge is 0.495 e. The third-order valence-corrected chi connectivity index (χ3v) is 5.70. The van der Waals surface area contributed by atoms with E-state index in [2.05, 4.69) is 31.4 Å². The van der Waals surface area contributed by atoms with E-state index >= 15 is 0 Å². The second-order valence-electron chi connectivity index (χ2n) is 7.44. The molecule has 8 nitrogen and oxygen atoms in total. The van der Waals surface area contributed by atoms with E-state index in [0.717, 1.165) is 56.3 Å². The predicted octanol–water partition coefficient (Wildman–Crippen LogP) is 1.99. The summed E-state index contributed by atoms with van der Waals surface area (Å²) in [5, 5.41) is 11.3. The number of aromatic nitrogens is 2. The minimum atomic E-state index is 0.0412. The summed E-state index contributed by atoms with van der Waals surface area (Å²) in [5.41, 5.74) is 1.12. The van der Waals surface area contributed by atoms with Crippen LogP contribution >= 0.6 is 0 Å². The highest BCUT2D eigenvalue weighted by Crippen LogP contribution is 2.29. The summed E-state index contributed by atoms with van der Waals surface area (Å²) in [5.74, 6) is 1.77. The summed E-state index contributed by atoms with van der Waals surface area (Å²) in [6.45, 7) is 4.76. The molecule has 2 fully saturated rings. The lowest BCUT2D eigenvalue weighted by molar-refractivity contribution is 0.188. The van der Waals surface area contributed by atoms with E-state index in [-0.39, 0.29) is 12.1 Å². The van der Waals surface area contributed by atoms with Crippen molar-refractivity contribution in [3.8, 4) is 5.75 Å². The normalized spacial score (nSPS) is 17.9. The zero-order valence-corrected chi connectivity index (χ0v) is 16.8. The number of benzene rings is 1. The molecule has 2 amide bonds. The molecule has 29 heavy (non-hydrogen) atoms. The molecule has 0 bridgehead atoms. The Kier molecular flexibility index (Phi) is 5.97. The van der Waals surface area contributed by atoms with Crippen LogP contribution in [0.15, 0.2) is 42.6 Å². The molecule has 2 saturated heterocycles. The number of urea groups is 1. The molecule has 0 atom stereocenters. The van der Waals surface area contributed by atoms with Crippen LogP contribution in [0.3, 0.4) is 0 Å². The van der Waals surface area contributed by atoms with Crippen molar-refractivity contribution in [1.29, 1.82) is 0 Å². The highest BCUT2D eigenvalue weighted by atomic mass is 16.5. The lowest BCUT2D eigenvalue weighted by Gasteiger charge is -2.38. The molecule has 0 aliphatic carbocycles.